The van der Waals surface area contributed by atoms with Crippen LogP contribution in [0.2, 0.25) is 0 Å². The zero-order valence-electron chi connectivity index (χ0n) is 21.3. The van der Waals surface area contributed by atoms with Gasteiger partial charge in [-0.15, -0.1) is 0 Å². The highest BCUT2D eigenvalue weighted by Gasteiger charge is 2.45. The molecular weight excluding hydrogens is 479 g/mol. The molecule has 0 radical (unpaired) electrons. The van der Waals surface area contributed by atoms with Gasteiger partial charge in [-0.25, -0.2) is 14.0 Å². The first-order valence-electron chi connectivity index (χ1n) is 12.6. The van der Waals surface area contributed by atoms with E-state index < -0.39 is 24.2 Å². The number of anilines is 2. The predicted molar refractivity (Wildman–Crippen MR) is 136 cm³/mol. The van der Waals surface area contributed by atoms with Gasteiger partial charge < -0.3 is 10.2 Å². The molecule has 1 saturated heterocycles. The minimum Gasteiger partial charge on any atom is -0.321 e. The quantitative estimate of drug-likeness (QED) is 0.424. The maximum absolute atomic E-state index is 13.6. The van der Waals surface area contributed by atoms with E-state index in [9.17, 15) is 18.8 Å². The average Bonchev–Trinajstić information content (AvgIpc) is 2.91. The van der Waals surface area contributed by atoms with Gasteiger partial charge in [-0.05, 0) is 69.2 Å². The van der Waals surface area contributed by atoms with Crippen LogP contribution in [0.5, 0.6) is 0 Å². The molecule has 0 spiro atoms. The van der Waals surface area contributed by atoms with Gasteiger partial charge in [-0.1, -0.05) is 18.9 Å². The number of rotatable bonds is 7. The molecule has 2 aromatic carbocycles. The highest BCUT2D eigenvalue weighted by molar-refractivity contribution is 5.97. The lowest BCUT2D eigenvalue weighted by molar-refractivity contribution is -0.236. The van der Waals surface area contributed by atoms with Crippen LogP contribution in [-0.2, 0) is 14.6 Å². The highest BCUT2D eigenvalue weighted by atomic mass is 19.1. The van der Waals surface area contributed by atoms with E-state index in [2.05, 4.69) is 15.5 Å². The van der Waals surface area contributed by atoms with Crippen molar-refractivity contribution in [3.8, 4) is 0 Å². The van der Waals surface area contributed by atoms with Crippen molar-refractivity contribution in [1.82, 2.24) is 10.2 Å². The van der Waals surface area contributed by atoms with Gasteiger partial charge in [0, 0.05) is 24.5 Å². The molecule has 4 rings (SSSR count). The molecule has 1 aliphatic heterocycles. The summed E-state index contributed by atoms with van der Waals surface area (Å²) in [5.74, 6) is -1.21. The normalized spacial score (nSPS) is 22.1. The van der Waals surface area contributed by atoms with Gasteiger partial charge in [0.2, 0.25) is 5.91 Å². The Morgan fingerprint density at radius 3 is 2.65 bits per heavy atom. The number of hydrogen-bond donors (Lipinski definition) is 2. The number of hydrogen-bond acceptors (Lipinski definition) is 6. The highest BCUT2D eigenvalue weighted by Crippen LogP contribution is 2.34. The first-order valence-corrected chi connectivity index (χ1v) is 12.6. The number of fused-ring (bicyclic) bond motifs is 1. The number of amides is 3. The van der Waals surface area contributed by atoms with E-state index in [0.717, 1.165) is 25.7 Å². The molecule has 2 N–H and O–H groups in total. The van der Waals surface area contributed by atoms with E-state index >= 15 is 0 Å². The summed E-state index contributed by atoms with van der Waals surface area (Å²) in [7, 11) is 1.65. The number of nitrogens with zero attached hydrogens (tertiary/aromatic N) is 2. The SMILES string of the molecule is CCOOC(=O)c1cccc(NC(=O)N(C)C(C)C2NC3CCCCC3C(=O)N2c2ccc(F)cc2)c1. The second-order valence-corrected chi connectivity index (χ2v) is 9.43. The second-order valence-electron chi connectivity index (χ2n) is 9.43. The summed E-state index contributed by atoms with van der Waals surface area (Å²) in [4.78, 5) is 51.5. The summed E-state index contributed by atoms with van der Waals surface area (Å²) in [5, 5.41) is 6.41. The van der Waals surface area contributed by atoms with Gasteiger partial charge >= 0.3 is 12.0 Å². The Morgan fingerprint density at radius 2 is 1.92 bits per heavy atom. The first kappa shape index (κ1) is 26.6. The fourth-order valence-corrected chi connectivity index (χ4v) is 4.97. The molecule has 0 aromatic heterocycles. The van der Waals surface area contributed by atoms with Crippen molar-refractivity contribution in [2.24, 2.45) is 5.92 Å². The lowest BCUT2D eigenvalue weighted by atomic mass is 9.81. The molecule has 3 amide bonds. The van der Waals surface area contributed by atoms with Crippen LogP contribution in [0.25, 0.3) is 0 Å². The van der Waals surface area contributed by atoms with Crippen LogP contribution < -0.4 is 15.5 Å². The fourth-order valence-electron chi connectivity index (χ4n) is 4.97. The average molecular weight is 513 g/mol. The van der Waals surface area contributed by atoms with Crippen molar-refractivity contribution in [3.05, 3.63) is 59.9 Å². The molecule has 0 bridgehead atoms. The van der Waals surface area contributed by atoms with Crippen LogP contribution in [0, 0.1) is 11.7 Å². The van der Waals surface area contributed by atoms with Gasteiger partial charge in [0.05, 0.1) is 24.1 Å². The topological polar surface area (TPSA) is 100 Å². The zero-order valence-corrected chi connectivity index (χ0v) is 21.3. The maximum Gasteiger partial charge on any atom is 0.373 e. The second kappa shape index (κ2) is 11.7. The number of carbonyl (C=O) groups is 3. The van der Waals surface area contributed by atoms with Crippen molar-refractivity contribution in [3.63, 3.8) is 0 Å². The van der Waals surface area contributed by atoms with Crippen LogP contribution in [0.4, 0.5) is 20.6 Å². The predicted octanol–water partition coefficient (Wildman–Crippen LogP) is 4.31. The van der Waals surface area contributed by atoms with E-state index in [1.54, 1.807) is 49.2 Å². The Balaban J connectivity index is 1.52. The molecule has 1 saturated carbocycles. The summed E-state index contributed by atoms with van der Waals surface area (Å²) >= 11 is 0. The molecule has 1 heterocycles. The maximum atomic E-state index is 13.6. The number of halogens is 1. The minimum atomic E-state index is -0.665. The van der Waals surface area contributed by atoms with Gasteiger partial charge in [-0.2, -0.15) is 4.89 Å². The van der Waals surface area contributed by atoms with Gasteiger partial charge in [-0.3, -0.25) is 19.9 Å². The number of benzene rings is 2. The van der Waals surface area contributed by atoms with Crippen molar-refractivity contribution >= 4 is 29.3 Å². The Kier molecular flexibility index (Phi) is 8.40. The monoisotopic (exact) mass is 512 g/mol. The van der Waals surface area contributed by atoms with E-state index in [1.807, 2.05) is 6.92 Å². The summed E-state index contributed by atoms with van der Waals surface area (Å²) < 4.78 is 13.6. The van der Waals surface area contributed by atoms with Crippen LogP contribution >= 0.6 is 0 Å². The Labute approximate surface area is 215 Å². The standard InChI is InChI=1S/C27H33FN4O5/c1-4-36-37-26(34)18-8-7-9-20(16-18)29-27(35)31(3)17(2)24-30-23-11-6-5-10-22(23)25(33)32(24)21-14-12-19(28)13-15-21/h7-9,12-17,22-24,30H,4-6,10-11H2,1-3H3,(H,29,35). The van der Waals surface area contributed by atoms with Crippen molar-refractivity contribution < 1.29 is 28.5 Å². The zero-order chi connectivity index (χ0) is 26.5. The van der Waals surface area contributed by atoms with Gasteiger partial charge in [0.15, 0.2) is 0 Å². The van der Waals surface area contributed by atoms with Gasteiger partial charge in [0.1, 0.15) is 12.0 Å². The van der Waals surface area contributed by atoms with E-state index in [4.69, 9.17) is 4.89 Å². The Hall–Kier alpha value is -3.50. The molecular formula is C27H33FN4O5. The summed E-state index contributed by atoms with van der Waals surface area (Å²) in [5.41, 5.74) is 1.21. The summed E-state index contributed by atoms with van der Waals surface area (Å²) in [6, 6.07) is 11.3. The molecule has 2 aromatic rings. The van der Waals surface area contributed by atoms with E-state index in [-0.39, 0.29) is 35.9 Å². The third kappa shape index (κ3) is 5.91. The van der Waals surface area contributed by atoms with Gasteiger partial charge in [0.25, 0.3) is 0 Å². The van der Waals surface area contributed by atoms with E-state index in [1.165, 1.54) is 23.1 Å². The Bertz CT molecular complexity index is 1130. The number of likely N-dealkylation sites (N-methyl/N-ethyl adjacent to an activating group) is 1. The largest absolute Gasteiger partial charge is 0.373 e. The van der Waals surface area contributed by atoms with Crippen LogP contribution in [0.15, 0.2) is 48.5 Å². The third-order valence-electron chi connectivity index (χ3n) is 7.08. The molecule has 9 nitrogen and oxygen atoms in total. The minimum absolute atomic E-state index is 0.0128. The lowest BCUT2D eigenvalue weighted by Crippen LogP contribution is -2.69. The van der Waals surface area contributed by atoms with E-state index in [0.29, 0.717) is 11.4 Å². The number of nitrogens with one attached hydrogen (secondary N) is 2. The summed E-state index contributed by atoms with van der Waals surface area (Å²) in [6.45, 7) is 3.78. The molecule has 198 valence electrons. The molecule has 2 aliphatic rings. The number of carbonyl (C=O) groups excluding carboxylic acids is 3. The molecule has 4 atom stereocenters. The smallest absolute Gasteiger partial charge is 0.321 e. The lowest BCUT2D eigenvalue weighted by Gasteiger charge is -2.49. The van der Waals surface area contributed by atoms with Crippen LogP contribution in [-0.4, -0.2) is 54.7 Å². The number of urea groups is 1. The van der Waals surface area contributed by atoms with Crippen LogP contribution in [0.1, 0.15) is 49.9 Å². The summed E-state index contributed by atoms with van der Waals surface area (Å²) in [6.07, 6.45) is 3.20. The van der Waals surface area contributed by atoms with Crippen molar-refractivity contribution in [2.45, 2.75) is 57.8 Å². The fraction of sp³-hybridized carbons (Fsp3) is 0.444. The van der Waals surface area contributed by atoms with Crippen LogP contribution in [0.3, 0.4) is 0 Å². The molecule has 2 fully saturated rings. The van der Waals surface area contributed by atoms with Crippen molar-refractivity contribution in [1.29, 1.82) is 0 Å². The Morgan fingerprint density at radius 1 is 1.19 bits per heavy atom. The molecule has 4 unspecified atom stereocenters. The molecule has 10 heteroatoms. The third-order valence-corrected chi connectivity index (χ3v) is 7.08. The first-order chi connectivity index (χ1) is 17.8. The molecule has 37 heavy (non-hydrogen) atoms. The van der Waals surface area contributed by atoms with Crippen molar-refractivity contribution in [2.75, 3.05) is 23.9 Å². The molecule has 1 aliphatic carbocycles.